The molecule has 0 amide bonds. The van der Waals surface area contributed by atoms with E-state index in [1.807, 2.05) is 12.3 Å². The molecule has 3 nitrogen and oxygen atoms in total. The lowest BCUT2D eigenvalue weighted by atomic mass is 9.88. The van der Waals surface area contributed by atoms with E-state index in [0.29, 0.717) is 0 Å². The average Bonchev–Trinajstić information content (AvgIpc) is 2.49. The number of nitrogens with zero attached hydrogens (tertiary/aromatic N) is 2. The zero-order valence-electron chi connectivity index (χ0n) is 13.0. The van der Waals surface area contributed by atoms with Crippen LogP contribution in [0, 0.1) is 5.92 Å². The molecule has 0 aromatic carbocycles. The minimum absolute atomic E-state index is 0.151. The largest absolute Gasteiger partial charge is 0.326 e. The number of likely N-dealkylation sites (N-methyl/N-ethyl adjacent to an activating group) is 1. The highest BCUT2D eigenvalue weighted by Gasteiger charge is 2.26. The molecule has 112 valence electrons. The Morgan fingerprint density at radius 3 is 2.65 bits per heavy atom. The molecule has 2 unspecified atom stereocenters. The number of aromatic nitrogens is 1. The number of rotatable bonds is 6. The maximum Gasteiger partial charge on any atom is 0.0671 e. The second-order valence-electron chi connectivity index (χ2n) is 6.22. The van der Waals surface area contributed by atoms with Crippen LogP contribution in [-0.2, 0) is 0 Å². The zero-order valence-corrected chi connectivity index (χ0v) is 13.0. The van der Waals surface area contributed by atoms with Gasteiger partial charge in [0.25, 0.3) is 0 Å². The van der Waals surface area contributed by atoms with E-state index in [2.05, 4.69) is 36.0 Å². The van der Waals surface area contributed by atoms with Crippen LogP contribution in [0.4, 0.5) is 0 Å². The van der Waals surface area contributed by atoms with Gasteiger partial charge in [0.1, 0.15) is 0 Å². The summed E-state index contributed by atoms with van der Waals surface area (Å²) in [4.78, 5) is 6.98. The highest BCUT2D eigenvalue weighted by molar-refractivity contribution is 5.11. The summed E-state index contributed by atoms with van der Waals surface area (Å²) >= 11 is 0. The summed E-state index contributed by atoms with van der Waals surface area (Å²) in [6, 6.07) is 6.53. The molecule has 0 spiro atoms. The summed E-state index contributed by atoms with van der Waals surface area (Å²) in [7, 11) is 2.21. The van der Waals surface area contributed by atoms with Crippen molar-refractivity contribution < 1.29 is 0 Å². The van der Waals surface area contributed by atoms with Crippen LogP contribution >= 0.6 is 0 Å². The topological polar surface area (TPSA) is 42.1 Å². The third-order valence-electron chi connectivity index (χ3n) is 4.61. The Labute approximate surface area is 123 Å². The molecule has 0 bridgehead atoms. The van der Waals surface area contributed by atoms with Gasteiger partial charge in [-0.15, -0.1) is 0 Å². The summed E-state index contributed by atoms with van der Waals surface area (Å²) in [5, 5.41) is 0. The molecule has 1 aromatic rings. The van der Waals surface area contributed by atoms with Crippen molar-refractivity contribution in [3.8, 4) is 0 Å². The molecule has 1 heterocycles. The van der Waals surface area contributed by atoms with Crippen molar-refractivity contribution in [1.82, 2.24) is 9.88 Å². The molecule has 1 aromatic heterocycles. The molecule has 1 saturated carbocycles. The Kier molecular flexibility index (Phi) is 5.99. The molecule has 0 radical (unpaired) electrons. The Bertz CT molecular complexity index is 373. The van der Waals surface area contributed by atoms with Crippen molar-refractivity contribution in [2.75, 3.05) is 13.6 Å². The van der Waals surface area contributed by atoms with Crippen molar-refractivity contribution in [2.24, 2.45) is 11.7 Å². The van der Waals surface area contributed by atoms with Gasteiger partial charge in [0, 0.05) is 18.8 Å². The van der Waals surface area contributed by atoms with Gasteiger partial charge in [-0.25, -0.2) is 0 Å². The smallest absolute Gasteiger partial charge is 0.0671 e. The zero-order chi connectivity index (χ0) is 14.4. The SMILES string of the molecule is CCC(N)C(c1ccccn1)N(C)CC1CCCCC1. The number of hydrogen-bond acceptors (Lipinski definition) is 3. The molecule has 1 aliphatic carbocycles. The summed E-state index contributed by atoms with van der Waals surface area (Å²) in [5.74, 6) is 0.837. The first kappa shape index (κ1) is 15.5. The monoisotopic (exact) mass is 275 g/mol. The van der Waals surface area contributed by atoms with Crippen LogP contribution in [0.2, 0.25) is 0 Å². The van der Waals surface area contributed by atoms with Crippen LogP contribution < -0.4 is 5.73 Å². The standard InChI is InChI=1S/C17H29N3/c1-3-15(18)17(16-11-7-8-12-19-16)20(2)13-14-9-5-4-6-10-14/h7-8,11-12,14-15,17H,3-6,9-10,13,18H2,1-2H3. The third kappa shape index (κ3) is 4.03. The Morgan fingerprint density at radius 2 is 2.05 bits per heavy atom. The molecule has 2 N–H and O–H groups in total. The maximum absolute atomic E-state index is 6.37. The molecule has 1 aliphatic rings. The molecule has 0 saturated heterocycles. The fourth-order valence-corrected chi connectivity index (χ4v) is 3.44. The lowest BCUT2D eigenvalue weighted by Gasteiger charge is -2.35. The minimum Gasteiger partial charge on any atom is -0.326 e. The van der Waals surface area contributed by atoms with Crippen molar-refractivity contribution >= 4 is 0 Å². The van der Waals surface area contributed by atoms with Crippen molar-refractivity contribution in [3.05, 3.63) is 30.1 Å². The van der Waals surface area contributed by atoms with Crippen molar-refractivity contribution in [2.45, 2.75) is 57.5 Å². The second-order valence-corrected chi connectivity index (χ2v) is 6.22. The van der Waals surface area contributed by atoms with Gasteiger partial charge in [0.05, 0.1) is 11.7 Å². The third-order valence-corrected chi connectivity index (χ3v) is 4.61. The molecule has 2 rings (SSSR count). The molecule has 2 atom stereocenters. The van der Waals surface area contributed by atoms with E-state index in [-0.39, 0.29) is 12.1 Å². The van der Waals surface area contributed by atoms with Gasteiger partial charge in [0.15, 0.2) is 0 Å². The lowest BCUT2D eigenvalue weighted by Crippen LogP contribution is -2.41. The predicted octanol–water partition coefficient (Wildman–Crippen LogP) is 3.37. The molecular formula is C17H29N3. The van der Waals surface area contributed by atoms with Gasteiger partial charge in [-0.1, -0.05) is 32.3 Å². The van der Waals surface area contributed by atoms with Gasteiger partial charge in [-0.05, 0) is 44.4 Å². The Hall–Kier alpha value is -0.930. The van der Waals surface area contributed by atoms with Gasteiger partial charge >= 0.3 is 0 Å². The van der Waals surface area contributed by atoms with E-state index in [0.717, 1.165) is 24.6 Å². The first-order valence-electron chi connectivity index (χ1n) is 8.09. The first-order chi connectivity index (χ1) is 9.72. The van der Waals surface area contributed by atoms with Gasteiger partial charge < -0.3 is 5.73 Å². The van der Waals surface area contributed by atoms with E-state index in [1.54, 1.807) is 0 Å². The Balaban J connectivity index is 2.05. The Morgan fingerprint density at radius 1 is 1.30 bits per heavy atom. The normalized spacial score (nSPS) is 20.0. The fourth-order valence-electron chi connectivity index (χ4n) is 3.44. The minimum atomic E-state index is 0.151. The van der Waals surface area contributed by atoms with E-state index in [9.17, 15) is 0 Å². The lowest BCUT2D eigenvalue weighted by molar-refractivity contribution is 0.158. The number of pyridine rings is 1. The molecular weight excluding hydrogens is 246 g/mol. The highest BCUT2D eigenvalue weighted by Crippen LogP contribution is 2.28. The average molecular weight is 275 g/mol. The van der Waals surface area contributed by atoms with E-state index in [4.69, 9.17) is 5.73 Å². The summed E-state index contributed by atoms with van der Waals surface area (Å²) in [6.07, 6.45) is 9.81. The van der Waals surface area contributed by atoms with Crippen LogP contribution in [0.15, 0.2) is 24.4 Å². The summed E-state index contributed by atoms with van der Waals surface area (Å²) in [5.41, 5.74) is 7.48. The molecule has 1 fully saturated rings. The fraction of sp³-hybridized carbons (Fsp3) is 0.706. The van der Waals surface area contributed by atoms with Crippen LogP contribution in [0.3, 0.4) is 0 Å². The van der Waals surface area contributed by atoms with Crippen LogP contribution in [0.5, 0.6) is 0 Å². The van der Waals surface area contributed by atoms with Gasteiger partial charge in [0.2, 0.25) is 0 Å². The summed E-state index contributed by atoms with van der Waals surface area (Å²) < 4.78 is 0. The number of nitrogens with two attached hydrogens (primary N) is 1. The first-order valence-corrected chi connectivity index (χ1v) is 8.09. The van der Waals surface area contributed by atoms with Gasteiger partial charge in [-0.2, -0.15) is 0 Å². The van der Waals surface area contributed by atoms with Crippen LogP contribution in [-0.4, -0.2) is 29.5 Å². The van der Waals surface area contributed by atoms with Crippen LogP contribution in [0.25, 0.3) is 0 Å². The highest BCUT2D eigenvalue weighted by atomic mass is 15.2. The van der Waals surface area contributed by atoms with Crippen molar-refractivity contribution in [1.29, 1.82) is 0 Å². The second kappa shape index (κ2) is 7.75. The molecule has 3 heteroatoms. The van der Waals surface area contributed by atoms with Crippen molar-refractivity contribution in [3.63, 3.8) is 0 Å². The van der Waals surface area contributed by atoms with Crippen LogP contribution in [0.1, 0.15) is 57.2 Å². The number of hydrogen-bond donors (Lipinski definition) is 1. The quantitative estimate of drug-likeness (QED) is 0.865. The molecule has 0 aliphatic heterocycles. The maximum atomic E-state index is 6.37. The predicted molar refractivity (Wildman–Crippen MR) is 84.4 cm³/mol. The molecule has 20 heavy (non-hydrogen) atoms. The van der Waals surface area contributed by atoms with E-state index < -0.39 is 0 Å². The van der Waals surface area contributed by atoms with Gasteiger partial charge in [-0.3, -0.25) is 9.88 Å². The summed E-state index contributed by atoms with van der Waals surface area (Å²) in [6.45, 7) is 3.31. The van der Waals surface area contributed by atoms with E-state index in [1.165, 1.54) is 32.1 Å². The van der Waals surface area contributed by atoms with E-state index >= 15 is 0 Å².